The molecule has 2 rings (SSSR count). The minimum absolute atomic E-state index is 0.219. The number of nitrogens with zero attached hydrogens (tertiary/aromatic N) is 1. The largest absolute Gasteiger partial charge is 0.351 e. The summed E-state index contributed by atoms with van der Waals surface area (Å²) in [4.78, 5) is 2.66. The molecule has 0 amide bonds. The summed E-state index contributed by atoms with van der Waals surface area (Å²) in [5.74, 6) is 0. The van der Waals surface area contributed by atoms with E-state index >= 15 is 0 Å². The highest BCUT2D eigenvalue weighted by Crippen LogP contribution is 2.35. The zero-order chi connectivity index (χ0) is 16.9. The summed E-state index contributed by atoms with van der Waals surface area (Å²) in [7, 11) is 0. The maximum absolute atomic E-state index is 6.19. The Morgan fingerprint density at radius 3 is 2.78 bits per heavy atom. The highest BCUT2D eigenvalue weighted by Gasteiger charge is 2.38. The van der Waals surface area contributed by atoms with E-state index < -0.39 is 0 Å². The van der Waals surface area contributed by atoms with Crippen LogP contribution in [-0.2, 0) is 14.2 Å². The van der Waals surface area contributed by atoms with Gasteiger partial charge in [-0.05, 0) is 57.9 Å². The molecule has 4 heteroatoms. The first-order chi connectivity index (χ1) is 10.9. The van der Waals surface area contributed by atoms with Crippen molar-refractivity contribution in [1.29, 1.82) is 0 Å². The van der Waals surface area contributed by atoms with Gasteiger partial charge in [-0.15, -0.1) is 0 Å². The lowest BCUT2D eigenvalue weighted by atomic mass is 9.83. The smallest absolute Gasteiger partial charge is 0.158 e. The van der Waals surface area contributed by atoms with Crippen LogP contribution in [0.1, 0.15) is 59.8 Å². The van der Waals surface area contributed by atoms with Crippen LogP contribution < -0.4 is 0 Å². The van der Waals surface area contributed by atoms with Crippen LogP contribution in [0.3, 0.4) is 0 Å². The average Bonchev–Trinajstić information content (AvgIpc) is 2.90. The van der Waals surface area contributed by atoms with Crippen molar-refractivity contribution in [2.45, 2.75) is 78.2 Å². The fourth-order valence-electron chi connectivity index (χ4n) is 3.88. The van der Waals surface area contributed by atoms with Crippen molar-refractivity contribution in [2.24, 2.45) is 5.41 Å². The number of piperidine rings is 1. The second-order valence-corrected chi connectivity index (χ2v) is 8.07. The van der Waals surface area contributed by atoms with E-state index in [1.54, 1.807) is 0 Å². The maximum Gasteiger partial charge on any atom is 0.158 e. The predicted molar refractivity (Wildman–Crippen MR) is 93.3 cm³/mol. The summed E-state index contributed by atoms with van der Waals surface area (Å²) >= 11 is 0. The molecular formula is C19H35NO3. The fraction of sp³-hybridized carbons (Fsp3) is 0.895. The Balaban J connectivity index is 1.76. The van der Waals surface area contributed by atoms with Gasteiger partial charge in [0.15, 0.2) is 6.29 Å². The standard InChI is InChI=1S/C19H35NO3/c1-15(2)12-21-14-22-16(3)23-18-9-6-8-17(18)20-11-7-10-19(4,5)13-20/h16-18H,1,6-14H2,2-5H3. The molecule has 2 fully saturated rings. The zero-order valence-corrected chi connectivity index (χ0v) is 15.5. The summed E-state index contributed by atoms with van der Waals surface area (Å²) in [6.45, 7) is 15.7. The highest BCUT2D eigenvalue weighted by molar-refractivity contribution is 4.91. The first kappa shape index (κ1) is 18.9. The molecular weight excluding hydrogens is 290 g/mol. The van der Waals surface area contributed by atoms with Crippen LogP contribution in [0, 0.1) is 5.41 Å². The van der Waals surface area contributed by atoms with Gasteiger partial charge in [-0.25, -0.2) is 0 Å². The Hall–Kier alpha value is -0.420. The van der Waals surface area contributed by atoms with Crippen LogP contribution in [0.15, 0.2) is 12.2 Å². The van der Waals surface area contributed by atoms with Crippen LogP contribution in [-0.4, -0.2) is 49.8 Å². The van der Waals surface area contributed by atoms with Gasteiger partial charge in [0.05, 0.1) is 12.7 Å². The molecule has 1 aliphatic carbocycles. The Kier molecular flexibility index (Phi) is 7.08. The van der Waals surface area contributed by atoms with Gasteiger partial charge in [0.1, 0.15) is 6.79 Å². The minimum atomic E-state index is -0.219. The Morgan fingerprint density at radius 1 is 1.30 bits per heavy atom. The van der Waals surface area contributed by atoms with Crippen molar-refractivity contribution in [3.63, 3.8) is 0 Å². The lowest BCUT2D eigenvalue weighted by Crippen LogP contribution is -2.49. The van der Waals surface area contributed by atoms with Crippen molar-refractivity contribution in [1.82, 2.24) is 4.90 Å². The summed E-state index contributed by atoms with van der Waals surface area (Å²) in [5.41, 5.74) is 1.44. The molecule has 3 atom stereocenters. The van der Waals surface area contributed by atoms with Gasteiger partial charge in [0.2, 0.25) is 0 Å². The summed E-state index contributed by atoms with van der Waals surface area (Å²) in [6.07, 6.45) is 6.36. The molecule has 1 heterocycles. The molecule has 1 aliphatic heterocycles. The molecule has 0 aromatic rings. The van der Waals surface area contributed by atoms with E-state index in [-0.39, 0.29) is 13.1 Å². The topological polar surface area (TPSA) is 30.9 Å². The number of hydrogen-bond acceptors (Lipinski definition) is 4. The van der Waals surface area contributed by atoms with Gasteiger partial charge in [-0.3, -0.25) is 4.90 Å². The van der Waals surface area contributed by atoms with Crippen LogP contribution in [0.2, 0.25) is 0 Å². The third-order valence-electron chi connectivity index (χ3n) is 4.92. The summed E-state index contributed by atoms with van der Waals surface area (Å²) in [5, 5.41) is 0. The SMILES string of the molecule is C=C(C)COCOC(C)OC1CCCC1N1CCCC(C)(C)C1. The average molecular weight is 325 g/mol. The number of hydrogen-bond donors (Lipinski definition) is 0. The molecule has 134 valence electrons. The molecule has 0 radical (unpaired) electrons. The van der Waals surface area contributed by atoms with Crippen LogP contribution >= 0.6 is 0 Å². The molecule has 0 aromatic heterocycles. The molecule has 0 aromatic carbocycles. The molecule has 23 heavy (non-hydrogen) atoms. The van der Waals surface area contributed by atoms with E-state index in [1.807, 2.05) is 13.8 Å². The van der Waals surface area contributed by atoms with Crippen molar-refractivity contribution in [2.75, 3.05) is 26.5 Å². The van der Waals surface area contributed by atoms with Gasteiger partial charge >= 0.3 is 0 Å². The first-order valence-corrected chi connectivity index (χ1v) is 9.11. The van der Waals surface area contributed by atoms with Gasteiger partial charge in [0, 0.05) is 12.6 Å². The summed E-state index contributed by atoms with van der Waals surface area (Å²) < 4.78 is 17.2. The lowest BCUT2D eigenvalue weighted by molar-refractivity contribution is -0.210. The minimum Gasteiger partial charge on any atom is -0.351 e. The molecule has 4 nitrogen and oxygen atoms in total. The van der Waals surface area contributed by atoms with E-state index in [2.05, 4.69) is 25.3 Å². The van der Waals surface area contributed by atoms with Crippen LogP contribution in [0.4, 0.5) is 0 Å². The third-order valence-corrected chi connectivity index (χ3v) is 4.92. The Morgan fingerprint density at radius 2 is 2.09 bits per heavy atom. The van der Waals surface area contributed by atoms with E-state index in [4.69, 9.17) is 14.2 Å². The second-order valence-electron chi connectivity index (χ2n) is 8.07. The molecule has 1 saturated carbocycles. The van der Waals surface area contributed by atoms with E-state index in [0.29, 0.717) is 24.2 Å². The quantitative estimate of drug-likeness (QED) is 0.384. The molecule has 1 saturated heterocycles. The highest BCUT2D eigenvalue weighted by atomic mass is 16.7. The molecule has 0 spiro atoms. The first-order valence-electron chi connectivity index (χ1n) is 9.11. The molecule has 3 unspecified atom stereocenters. The van der Waals surface area contributed by atoms with Crippen molar-refractivity contribution >= 4 is 0 Å². The van der Waals surface area contributed by atoms with Crippen molar-refractivity contribution < 1.29 is 14.2 Å². The van der Waals surface area contributed by atoms with Gasteiger partial charge < -0.3 is 14.2 Å². The Labute approximate surface area is 142 Å². The maximum atomic E-state index is 6.19. The summed E-state index contributed by atoms with van der Waals surface area (Å²) in [6, 6.07) is 0.553. The van der Waals surface area contributed by atoms with Gasteiger partial charge in [0.25, 0.3) is 0 Å². The second kappa shape index (κ2) is 8.61. The number of rotatable bonds is 8. The van der Waals surface area contributed by atoms with Crippen LogP contribution in [0.5, 0.6) is 0 Å². The van der Waals surface area contributed by atoms with Gasteiger partial charge in [-0.2, -0.15) is 0 Å². The van der Waals surface area contributed by atoms with Crippen molar-refractivity contribution in [3.8, 4) is 0 Å². The van der Waals surface area contributed by atoms with E-state index in [9.17, 15) is 0 Å². The number of ether oxygens (including phenoxy) is 3. The molecule has 0 bridgehead atoms. The lowest BCUT2D eigenvalue weighted by Gasteiger charge is -2.43. The monoisotopic (exact) mass is 325 g/mol. The molecule has 2 aliphatic rings. The number of likely N-dealkylation sites (tertiary alicyclic amines) is 1. The normalized spacial score (nSPS) is 29.6. The third kappa shape index (κ3) is 6.18. The van der Waals surface area contributed by atoms with Crippen molar-refractivity contribution in [3.05, 3.63) is 12.2 Å². The van der Waals surface area contributed by atoms with Crippen LogP contribution in [0.25, 0.3) is 0 Å². The van der Waals surface area contributed by atoms with E-state index in [1.165, 1.54) is 38.8 Å². The predicted octanol–water partition coefficient (Wildman–Crippen LogP) is 3.96. The Bertz CT molecular complexity index is 383. The molecule has 0 N–H and O–H groups in total. The van der Waals surface area contributed by atoms with Gasteiger partial charge in [-0.1, -0.05) is 26.0 Å². The fourth-order valence-corrected chi connectivity index (χ4v) is 3.88. The zero-order valence-electron chi connectivity index (χ0n) is 15.5. The van der Waals surface area contributed by atoms with E-state index in [0.717, 1.165) is 12.0 Å².